The highest BCUT2D eigenvalue weighted by Gasteiger charge is 2.21. The fourth-order valence-corrected chi connectivity index (χ4v) is 2.71. The van der Waals surface area contributed by atoms with Crippen LogP contribution in [0.4, 0.5) is 5.82 Å². The highest BCUT2D eigenvalue weighted by Crippen LogP contribution is 2.21. The number of carbonyl (C=O) groups is 1. The standard InChI is InChI=1S/C11H11BrN4O3S/c1-16-6-9(20(13,18)19)10(15-16)14-11(17)7-4-2-3-5-8(7)12/h2-6H,1H3,(H2,13,18,19)(H,14,15,17). The number of primary sulfonamides is 1. The van der Waals surface area contributed by atoms with Gasteiger partial charge >= 0.3 is 0 Å². The van der Waals surface area contributed by atoms with Crippen LogP contribution in [0.25, 0.3) is 0 Å². The van der Waals surface area contributed by atoms with Gasteiger partial charge in [0.25, 0.3) is 5.91 Å². The van der Waals surface area contributed by atoms with Crippen molar-refractivity contribution < 1.29 is 13.2 Å². The van der Waals surface area contributed by atoms with Crippen molar-refractivity contribution in [1.29, 1.82) is 0 Å². The average molecular weight is 359 g/mol. The maximum Gasteiger partial charge on any atom is 0.258 e. The molecule has 0 aliphatic carbocycles. The van der Waals surface area contributed by atoms with E-state index in [0.29, 0.717) is 10.0 Å². The van der Waals surface area contributed by atoms with Gasteiger partial charge in [-0.1, -0.05) is 12.1 Å². The third kappa shape index (κ3) is 3.06. The molecular weight excluding hydrogens is 348 g/mol. The first-order valence-electron chi connectivity index (χ1n) is 5.41. The first-order chi connectivity index (χ1) is 9.29. The monoisotopic (exact) mass is 358 g/mol. The largest absolute Gasteiger partial charge is 0.304 e. The molecule has 0 radical (unpaired) electrons. The molecule has 0 saturated heterocycles. The summed E-state index contributed by atoms with van der Waals surface area (Å²) < 4.78 is 24.7. The Bertz CT molecular complexity index is 770. The molecule has 1 aromatic carbocycles. The molecule has 0 fully saturated rings. The molecule has 2 rings (SSSR count). The zero-order valence-electron chi connectivity index (χ0n) is 10.4. The number of nitrogens with zero attached hydrogens (tertiary/aromatic N) is 2. The van der Waals surface area contributed by atoms with E-state index in [1.807, 2.05) is 0 Å². The lowest BCUT2D eigenvalue weighted by molar-refractivity contribution is 0.102. The second-order valence-electron chi connectivity index (χ2n) is 3.99. The number of nitrogens with one attached hydrogen (secondary N) is 1. The van der Waals surface area contributed by atoms with E-state index in [2.05, 4.69) is 26.3 Å². The third-order valence-electron chi connectivity index (χ3n) is 2.45. The Morgan fingerprint density at radius 3 is 2.65 bits per heavy atom. The predicted octanol–water partition coefficient (Wildman–Crippen LogP) is 1.08. The van der Waals surface area contributed by atoms with Crippen LogP contribution in [0.2, 0.25) is 0 Å². The summed E-state index contributed by atoms with van der Waals surface area (Å²) >= 11 is 3.24. The van der Waals surface area contributed by atoms with Gasteiger partial charge in [0, 0.05) is 17.7 Å². The Morgan fingerprint density at radius 1 is 1.40 bits per heavy atom. The van der Waals surface area contributed by atoms with Gasteiger partial charge in [-0.25, -0.2) is 13.6 Å². The van der Waals surface area contributed by atoms with E-state index >= 15 is 0 Å². The van der Waals surface area contributed by atoms with E-state index < -0.39 is 15.9 Å². The molecular formula is C11H11BrN4O3S. The molecule has 0 aliphatic heterocycles. The number of halogens is 1. The van der Waals surface area contributed by atoms with Crippen LogP contribution in [-0.4, -0.2) is 24.1 Å². The van der Waals surface area contributed by atoms with E-state index in [4.69, 9.17) is 5.14 Å². The smallest absolute Gasteiger partial charge is 0.258 e. The SMILES string of the molecule is Cn1cc(S(N)(=O)=O)c(NC(=O)c2ccccc2Br)n1. The number of hydrogen-bond acceptors (Lipinski definition) is 4. The number of amides is 1. The van der Waals surface area contributed by atoms with Crippen LogP contribution in [0.15, 0.2) is 39.8 Å². The van der Waals surface area contributed by atoms with E-state index in [-0.39, 0.29) is 10.7 Å². The van der Waals surface area contributed by atoms with Gasteiger partial charge in [0.2, 0.25) is 10.0 Å². The number of benzene rings is 1. The molecule has 106 valence electrons. The maximum absolute atomic E-state index is 12.1. The summed E-state index contributed by atoms with van der Waals surface area (Å²) in [6.07, 6.45) is 1.23. The van der Waals surface area contributed by atoms with Crippen LogP contribution in [-0.2, 0) is 17.1 Å². The summed E-state index contributed by atoms with van der Waals surface area (Å²) in [5.74, 6) is -0.586. The van der Waals surface area contributed by atoms with Crippen LogP contribution < -0.4 is 10.5 Å². The molecule has 1 heterocycles. The van der Waals surface area contributed by atoms with Crippen molar-refractivity contribution in [3.05, 3.63) is 40.5 Å². The number of nitrogens with two attached hydrogens (primary N) is 1. The summed E-state index contributed by atoms with van der Waals surface area (Å²) in [5, 5.41) is 11.4. The van der Waals surface area contributed by atoms with Gasteiger partial charge < -0.3 is 5.32 Å². The molecule has 3 N–H and O–H groups in total. The average Bonchev–Trinajstić information content (AvgIpc) is 2.70. The molecule has 0 atom stereocenters. The Hall–Kier alpha value is -1.71. The van der Waals surface area contributed by atoms with Crippen LogP contribution in [0.3, 0.4) is 0 Å². The predicted molar refractivity (Wildman–Crippen MR) is 76.7 cm³/mol. The number of anilines is 1. The van der Waals surface area contributed by atoms with Crippen molar-refractivity contribution in [2.24, 2.45) is 12.2 Å². The van der Waals surface area contributed by atoms with Crippen molar-refractivity contribution in [3.8, 4) is 0 Å². The fourth-order valence-electron chi connectivity index (χ4n) is 1.58. The molecule has 20 heavy (non-hydrogen) atoms. The van der Waals surface area contributed by atoms with Crippen LogP contribution in [0.1, 0.15) is 10.4 Å². The minimum absolute atomic E-state index is 0.101. The molecule has 1 aromatic heterocycles. The van der Waals surface area contributed by atoms with Crippen molar-refractivity contribution in [1.82, 2.24) is 9.78 Å². The van der Waals surface area contributed by atoms with Crippen molar-refractivity contribution in [2.45, 2.75) is 4.90 Å². The molecule has 1 amide bonds. The quantitative estimate of drug-likeness (QED) is 0.855. The molecule has 0 spiro atoms. The van der Waals surface area contributed by atoms with Gasteiger partial charge in [0.15, 0.2) is 5.82 Å². The summed E-state index contributed by atoms with van der Waals surface area (Å²) in [4.78, 5) is 11.9. The number of hydrogen-bond donors (Lipinski definition) is 2. The van der Waals surface area contributed by atoms with Gasteiger partial charge in [-0.05, 0) is 28.1 Å². The van der Waals surface area contributed by atoms with Gasteiger partial charge in [-0.3, -0.25) is 9.48 Å². The number of aromatic nitrogens is 2. The highest BCUT2D eigenvalue weighted by molar-refractivity contribution is 9.10. The highest BCUT2D eigenvalue weighted by atomic mass is 79.9. The van der Waals surface area contributed by atoms with Crippen molar-refractivity contribution in [2.75, 3.05) is 5.32 Å². The minimum Gasteiger partial charge on any atom is -0.304 e. The second-order valence-corrected chi connectivity index (χ2v) is 6.38. The molecule has 2 aromatic rings. The lowest BCUT2D eigenvalue weighted by Gasteiger charge is -2.05. The van der Waals surface area contributed by atoms with Gasteiger partial charge in [-0.15, -0.1) is 0 Å². The number of carbonyl (C=O) groups excluding carboxylic acids is 1. The molecule has 0 aliphatic rings. The number of aryl methyl sites for hydroxylation is 1. The Morgan fingerprint density at radius 2 is 2.05 bits per heavy atom. The van der Waals surface area contributed by atoms with Crippen LogP contribution in [0.5, 0.6) is 0 Å². The van der Waals surface area contributed by atoms with Gasteiger partial charge in [0.05, 0.1) is 5.56 Å². The van der Waals surface area contributed by atoms with E-state index in [1.54, 1.807) is 24.3 Å². The van der Waals surface area contributed by atoms with Gasteiger partial charge in [0.1, 0.15) is 4.90 Å². The normalized spacial score (nSPS) is 11.3. The summed E-state index contributed by atoms with van der Waals surface area (Å²) in [7, 11) is -2.43. The Kier molecular flexibility index (Phi) is 3.93. The Balaban J connectivity index is 2.37. The van der Waals surface area contributed by atoms with E-state index in [9.17, 15) is 13.2 Å². The van der Waals surface area contributed by atoms with Gasteiger partial charge in [-0.2, -0.15) is 5.10 Å². The van der Waals surface area contributed by atoms with Crippen LogP contribution >= 0.6 is 15.9 Å². The molecule has 0 unspecified atom stereocenters. The molecule has 0 bridgehead atoms. The number of sulfonamides is 1. The summed E-state index contributed by atoms with van der Waals surface area (Å²) in [6, 6.07) is 6.75. The van der Waals surface area contributed by atoms with Crippen LogP contribution in [0, 0.1) is 0 Å². The Labute approximate surface area is 124 Å². The number of rotatable bonds is 3. The minimum atomic E-state index is -3.96. The maximum atomic E-state index is 12.1. The topological polar surface area (TPSA) is 107 Å². The van der Waals surface area contributed by atoms with E-state index in [0.717, 1.165) is 0 Å². The molecule has 7 nitrogen and oxygen atoms in total. The zero-order chi connectivity index (χ0) is 14.9. The summed E-state index contributed by atoms with van der Waals surface area (Å²) in [5.41, 5.74) is 0.360. The molecule has 0 saturated carbocycles. The molecule has 9 heteroatoms. The first kappa shape index (κ1) is 14.7. The summed E-state index contributed by atoms with van der Waals surface area (Å²) in [6.45, 7) is 0. The van der Waals surface area contributed by atoms with Crippen molar-refractivity contribution >= 4 is 37.7 Å². The van der Waals surface area contributed by atoms with E-state index in [1.165, 1.54) is 17.9 Å². The first-order valence-corrected chi connectivity index (χ1v) is 7.75. The lowest BCUT2D eigenvalue weighted by Crippen LogP contribution is -2.18. The zero-order valence-corrected chi connectivity index (χ0v) is 12.8. The van der Waals surface area contributed by atoms with Crippen molar-refractivity contribution in [3.63, 3.8) is 0 Å². The lowest BCUT2D eigenvalue weighted by atomic mass is 10.2. The fraction of sp³-hybridized carbons (Fsp3) is 0.0909. The second kappa shape index (κ2) is 5.35. The third-order valence-corrected chi connectivity index (χ3v) is 4.06.